The number of hydrogen-bond donors (Lipinski definition) is 0. The summed E-state index contributed by atoms with van der Waals surface area (Å²) in [6, 6.07) is 2.35. The summed E-state index contributed by atoms with van der Waals surface area (Å²) in [4.78, 5) is 2.90. The smallest absolute Gasteiger partial charge is 0.0342 e. The van der Waals surface area contributed by atoms with Crippen molar-refractivity contribution in [3.63, 3.8) is 0 Å². The molecule has 0 aliphatic rings. The van der Waals surface area contributed by atoms with Gasteiger partial charge in [0.15, 0.2) is 0 Å². The van der Waals surface area contributed by atoms with Gasteiger partial charge in [-0.05, 0) is 43.9 Å². The average Bonchev–Trinajstić information content (AvgIpc) is 2.64. The summed E-state index contributed by atoms with van der Waals surface area (Å²) in [5.74, 6) is 0.693. The zero-order chi connectivity index (χ0) is 12.0. The molecular weight excluding hydrogens is 212 g/mol. The van der Waals surface area contributed by atoms with Gasteiger partial charge in [0.1, 0.15) is 0 Å². The van der Waals surface area contributed by atoms with Crippen molar-refractivity contribution in [3.8, 4) is 0 Å². The Labute approximate surface area is 104 Å². The van der Waals surface area contributed by atoms with Crippen molar-refractivity contribution >= 4 is 23.5 Å². The van der Waals surface area contributed by atoms with E-state index in [1.54, 1.807) is 0 Å². The third kappa shape index (κ3) is 3.34. The highest BCUT2D eigenvalue weighted by Crippen LogP contribution is 2.32. The molecule has 88 valence electrons. The lowest BCUT2D eigenvalue weighted by Gasteiger charge is -2.05. The summed E-state index contributed by atoms with van der Waals surface area (Å²) in [6.45, 7) is 8.73. The van der Waals surface area contributed by atoms with Gasteiger partial charge in [0, 0.05) is 9.75 Å². The molecule has 0 spiro atoms. The Morgan fingerprint density at radius 1 is 1.25 bits per heavy atom. The molecule has 1 heterocycles. The largest absolute Gasteiger partial charge is 0.140 e. The van der Waals surface area contributed by atoms with Gasteiger partial charge < -0.3 is 0 Å². The first-order chi connectivity index (χ1) is 7.72. The fourth-order valence-corrected chi connectivity index (χ4v) is 3.06. The third-order valence-electron chi connectivity index (χ3n) is 2.68. The van der Waals surface area contributed by atoms with E-state index in [2.05, 4.69) is 58.1 Å². The van der Waals surface area contributed by atoms with Crippen molar-refractivity contribution < 1.29 is 0 Å². The standard InChI is InChI=1S/C15H22S/c1-5-8-12(4)15-11-13(9-6-2)14(16-15)10-7-3/h6-7,9-12H,5,8H2,1-4H3/b9-6-,10-7-. The molecule has 0 saturated heterocycles. The molecule has 0 bridgehead atoms. The highest BCUT2D eigenvalue weighted by atomic mass is 32.1. The van der Waals surface area contributed by atoms with E-state index >= 15 is 0 Å². The molecule has 0 N–H and O–H groups in total. The third-order valence-corrected chi connectivity index (χ3v) is 4.03. The van der Waals surface area contributed by atoms with Crippen molar-refractivity contribution in [1.29, 1.82) is 0 Å². The van der Waals surface area contributed by atoms with E-state index < -0.39 is 0 Å². The average molecular weight is 234 g/mol. The lowest BCUT2D eigenvalue weighted by atomic mass is 10.0. The fourth-order valence-electron chi connectivity index (χ4n) is 1.85. The number of allylic oxidation sites excluding steroid dienone is 2. The van der Waals surface area contributed by atoms with E-state index in [1.165, 1.54) is 28.2 Å². The lowest BCUT2D eigenvalue weighted by molar-refractivity contribution is 0.675. The van der Waals surface area contributed by atoms with Gasteiger partial charge in [-0.25, -0.2) is 0 Å². The van der Waals surface area contributed by atoms with E-state index in [-0.39, 0.29) is 0 Å². The predicted octanol–water partition coefficient (Wildman–Crippen LogP) is 5.72. The molecule has 0 fully saturated rings. The Kier molecular flexibility index (Phi) is 5.54. The molecule has 0 aliphatic carbocycles. The van der Waals surface area contributed by atoms with Crippen molar-refractivity contribution in [2.45, 2.75) is 46.5 Å². The second-order valence-corrected chi connectivity index (χ2v) is 5.27. The monoisotopic (exact) mass is 234 g/mol. The van der Waals surface area contributed by atoms with Gasteiger partial charge in [0.25, 0.3) is 0 Å². The maximum atomic E-state index is 2.35. The number of thiophene rings is 1. The maximum absolute atomic E-state index is 2.35. The normalized spacial score (nSPS) is 14.0. The molecule has 0 aliphatic heterocycles. The Hall–Kier alpha value is -0.820. The van der Waals surface area contributed by atoms with Crippen LogP contribution in [-0.4, -0.2) is 0 Å². The molecule has 1 rings (SSSR count). The first kappa shape index (κ1) is 13.2. The van der Waals surface area contributed by atoms with Gasteiger partial charge >= 0.3 is 0 Å². The Balaban J connectivity index is 3.00. The molecule has 16 heavy (non-hydrogen) atoms. The summed E-state index contributed by atoms with van der Waals surface area (Å²) in [5, 5.41) is 0. The minimum atomic E-state index is 0.693. The molecule has 0 radical (unpaired) electrons. The molecule has 1 heteroatoms. The molecule has 1 aromatic heterocycles. The Morgan fingerprint density at radius 3 is 2.50 bits per heavy atom. The van der Waals surface area contributed by atoms with Crippen LogP contribution in [0.3, 0.4) is 0 Å². The van der Waals surface area contributed by atoms with E-state index in [4.69, 9.17) is 0 Å². The van der Waals surface area contributed by atoms with E-state index in [1.807, 2.05) is 11.3 Å². The second kappa shape index (κ2) is 6.70. The van der Waals surface area contributed by atoms with Crippen LogP contribution >= 0.6 is 11.3 Å². The quantitative estimate of drug-likeness (QED) is 0.611. The molecule has 0 saturated carbocycles. The number of rotatable bonds is 5. The van der Waals surface area contributed by atoms with Gasteiger partial charge in [0.05, 0.1) is 0 Å². The van der Waals surface area contributed by atoms with Crippen molar-refractivity contribution in [3.05, 3.63) is 33.5 Å². The van der Waals surface area contributed by atoms with E-state index in [0.717, 1.165) is 0 Å². The van der Waals surface area contributed by atoms with Gasteiger partial charge in [-0.3, -0.25) is 0 Å². The van der Waals surface area contributed by atoms with Crippen LogP contribution in [0.25, 0.3) is 12.2 Å². The molecule has 1 atom stereocenters. The Morgan fingerprint density at radius 2 is 1.94 bits per heavy atom. The minimum absolute atomic E-state index is 0.693. The van der Waals surface area contributed by atoms with Crippen LogP contribution < -0.4 is 0 Å². The molecule has 0 amide bonds. The zero-order valence-electron chi connectivity index (χ0n) is 10.8. The summed E-state index contributed by atoms with van der Waals surface area (Å²) >= 11 is 1.93. The first-order valence-corrected chi connectivity index (χ1v) is 6.93. The second-order valence-electron chi connectivity index (χ2n) is 4.16. The highest BCUT2D eigenvalue weighted by Gasteiger charge is 2.10. The zero-order valence-corrected chi connectivity index (χ0v) is 11.6. The maximum Gasteiger partial charge on any atom is 0.0342 e. The van der Waals surface area contributed by atoms with Crippen LogP contribution in [0.4, 0.5) is 0 Å². The van der Waals surface area contributed by atoms with Gasteiger partial charge in [-0.15, -0.1) is 11.3 Å². The summed E-state index contributed by atoms with van der Waals surface area (Å²) in [7, 11) is 0. The van der Waals surface area contributed by atoms with Gasteiger partial charge in [-0.1, -0.05) is 38.5 Å². The van der Waals surface area contributed by atoms with Crippen LogP contribution in [-0.2, 0) is 0 Å². The van der Waals surface area contributed by atoms with E-state index in [0.29, 0.717) is 5.92 Å². The van der Waals surface area contributed by atoms with Crippen LogP contribution in [0.1, 0.15) is 61.8 Å². The molecule has 1 unspecified atom stereocenters. The van der Waals surface area contributed by atoms with Crippen LogP contribution in [0.2, 0.25) is 0 Å². The fraction of sp³-hybridized carbons (Fsp3) is 0.467. The minimum Gasteiger partial charge on any atom is -0.140 e. The lowest BCUT2D eigenvalue weighted by Crippen LogP contribution is -1.87. The van der Waals surface area contributed by atoms with Crippen molar-refractivity contribution in [1.82, 2.24) is 0 Å². The Bertz CT molecular complexity index is 339. The topological polar surface area (TPSA) is 0 Å². The molecule has 0 nitrogen and oxygen atoms in total. The van der Waals surface area contributed by atoms with Crippen LogP contribution in [0.15, 0.2) is 18.2 Å². The molecular formula is C15H22S. The number of hydrogen-bond acceptors (Lipinski definition) is 1. The summed E-state index contributed by atoms with van der Waals surface area (Å²) < 4.78 is 0. The van der Waals surface area contributed by atoms with E-state index in [9.17, 15) is 0 Å². The van der Waals surface area contributed by atoms with Crippen molar-refractivity contribution in [2.75, 3.05) is 0 Å². The van der Waals surface area contributed by atoms with Crippen molar-refractivity contribution in [2.24, 2.45) is 0 Å². The summed E-state index contributed by atoms with van der Waals surface area (Å²) in [6.07, 6.45) is 11.2. The first-order valence-electron chi connectivity index (χ1n) is 6.12. The van der Waals surface area contributed by atoms with Crippen LogP contribution in [0, 0.1) is 0 Å². The predicted molar refractivity (Wildman–Crippen MR) is 77.1 cm³/mol. The summed E-state index contributed by atoms with van der Waals surface area (Å²) in [5.41, 5.74) is 1.36. The van der Waals surface area contributed by atoms with Gasteiger partial charge in [0.2, 0.25) is 0 Å². The SMILES string of the molecule is C/C=C\c1cc(C(C)CCC)sc1/C=C\C. The highest BCUT2D eigenvalue weighted by molar-refractivity contribution is 7.13. The van der Waals surface area contributed by atoms with Crippen LogP contribution in [0.5, 0.6) is 0 Å². The molecule has 0 aromatic carbocycles. The molecule has 1 aromatic rings. The van der Waals surface area contributed by atoms with Gasteiger partial charge in [-0.2, -0.15) is 0 Å².